The first kappa shape index (κ1) is 29.6. The van der Waals surface area contributed by atoms with Gasteiger partial charge in [-0.3, -0.25) is 9.36 Å². The maximum atomic E-state index is 14.0. The molecule has 2 aliphatic rings. The number of nitrogens with zero attached hydrogens (tertiary/aromatic N) is 3. The van der Waals surface area contributed by atoms with Gasteiger partial charge in [0.2, 0.25) is 5.88 Å². The first-order valence-corrected chi connectivity index (χ1v) is 15.5. The summed E-state index contributed by atoms with van der Waals surface area (Å²) in [5, 5.41) is 0. The summed E-state index contributed by atoms with van der Waals surface area (Å²) in [6.07, 6.45) is 1.70. The molecule has 1 saturated heterocycles. The fourth-order valence-electron chi connectivity index (χ4n) is 4.83. The zero-order valence-electron chi connectivity index (χ0n) is 23.0. The third-order valence-corrected chi connectivity index (χ3v) is 8.89. The smallest absolute Gasteiger partial charge is 0.338 e. The Labute approximate surface area is 257 Å². The highest BCUT2D eigenvalue weighted by atomic mass is 79.9. The molecule has 0 aliphatic carbocycles. The van der Waals surface area contributed by atoms with Gasteiger partial charge in [0.25, 0.3) is 5.56 Å². The standard InChI is InChI=1S/C28H29Br2N3O7S/c1-5-38-21-14-18(29)17(13-20(21)36-4)24-23(27(35)39-6-2)15(3)31-28-33(24)25(34)22(41-28)12-16-11-19(30)26(40-16)32-7-9-37-10-8-32/h11-14,24H,5-10H2,1-4H3/b22-12+/t24-/m1/s1. The average molecular weight is 711 g/mol. The van der Waals surface area contributed by atoms with Gasteiger partial charge in [-0.15, -0.1) is 0 Å². The van der Waals surface area contributed by atoms with E-state index in [2.05, 4.69) is 41.8 Å². The lowest BCUT2D eigenvalue weighted by atomic mass is 9.95. The molecular formula is C28H29Br2N3O7S. The number of thiazole rings is 1. The van der Waals surface area contributed by atoms with Gasteiger partial charge < -0.3 is 28.3 Å². The molecule has 41 heavy (non-hydrogen) atoms. The van der Waals surface area contributed by atoms with Crippen LogP contribution in [0.25, 0.3) is 6.08 Å². The number of fused-ring (bicyclic) bond motifs is 1. The Morgan fingerprint density at radius 3 is 2.59 bits per heavy atom. The minimum atomic E-state index is -0.821. The summed E-state index contributed by atoms with van der Waals surface area (Å²) < 4.78 is 31.7. The molecule has 218 valence electrons. The van der Waals surface area contributed by atoms with Crippen LogP contribution in [-0.2, 0) is 14.3 Å². The van der Waals surface area contributed by atoms with Crippen molar-refractivity contribution in [2.75, 3.05) is 51.5 Å². The SMILES string of the molecule is CCOC(=O)C1=C(C)N=c2s/c(=C/c3cc(Br)c(N4CCOCC4)o3)c(=O)n2[C@@H]1c1cc(OC)c(OCC)cc1Br. The molecular weight excluding hydrogens is 682 g/mol. The normalized spacial score (nSPS) is 17.4. The molecule has 0 spiro atoms. The van der Waals surface area contributed by atoms with Gasteiger partial charge >= 0.3 is 5.97 Å². The maximum absolute atomic E-state index is 14.0. The molecule has 0 N–H and O–H groups in total. The van der Waals surface area contributed by atoms with Crippen molar-refractivity contribution in [1.82, 2.24) is 4.57 Å². The van der Waals surface area contributed by atoms with E-state index < -0.39 is 12.0 Å². The van der Waals surface area contributed by atoms with Gasteiger partial charge in [-0.1, -0.05) is 27.3 Å². The van der Waals surface area contributed by atoms with Crippen LogP contribution < -0.4 is 29.3 Å². The number of allylic oxidation sites excluding steroid dienone is 1. The van der Waals surface area contributed by atoms with Gasteiger partial charge in [-0.25, -0.2) is 9.79 Å². The molecule has 0 saturated carbocycles. The van der Waals surface area contributed by atoms with Crippen LogP contribution in [0.15, 0.2) is 52.6 Å². The molecule has 0 radical (unpaired) electrons. The van der Waals surface area contributed by atoms with Crippen molar-refractivity contribution in [3.63, 3.8) is 0 Å². The molecule has 2 aromatic heterocycles. The number of morpholine rings is 1. The van der Waals surface area contributed by atoms with Gasteiger partial charge in [-0.2, -0.15) is 0 Å². The molecule has 0 bridgehead atoms. The number of hydrogen-bond donors (Lipinski definition) is 0. The largest absolute Gasteiger partial charge is 0.493 e. The summed E-state index contributed by atoms with van der Waals surface area (Å²) in [5.41, 5.74) is 1.06. The van der Waals surface area contributed by atoms with Crippen LogP contribution in [0, 0.1) is 0 Å². The second-order valence-electron chi connectivity index (χ2n) is 9.16. The second-order valence-corrected chi connectivity index (χ2v) is 11.9. The number of furan rings is 1. The van der Waals surface area contributed by atoms with Gasteiger partial charge in [0.05, 0.1) is 59.9 Å². The third-order valence-electron chi connectivity index (χ3n) is 6.65. The fourth-order valence-corrected chi connectivity index (χ4v) is 6.96. The Balaban J connectivity index is 1.67. The van der Waals surface area contributed by atoms with E-state index in [0.717, 1.165) is 4.47 Å². The zero-order valence-corrected chi connectivity index (χ0v) is 27.0. The highest BCUT2D eigenvalue weighted by molar-refractivity contribution is 9.11. The molecule has 5 rings (SSSR count). The zero-order chi connectivity index (χ0) is 29.3. The van der Waals surface area contributed by atoms with Gasteiger partial charge in [-0.05, 0) is 54.4 Å². The van der Waals surface area contributed by atoms with Crippen LogP contribution in [0.1, 0.15) is 38.1 Å². The van der Waals surface area contributed by atoms with Crippen LogP contribution in [0.2, 0.25) is 0 Å². The number of hydrogen-bond acceptors (Lipinski definition) is 10. The van der Waals surface area contributed by atoms with E-state index in [0.29, 0.717) is 81.1 Å². The molecule has 1 fully saturated rings. The number of aromatic nitrogens is 1. The van der Waals surface area contributed by atoms with Crippen LogP contribution in [-0.4, -0.2) is 57.2 Å². The average Bonchev–Trinajstić information content (AvgIpc) is 3.47. The Morgan fingerprint density at radius 2 is 1.90 bits per heavy atom. The minimum absolute atomic E-state index is 0.180. The summed E-state index contributed by atoms with van der Waals surface area (Å²) in [6, 6.07) is 4.56. The summed E-state index contributed by atoms with van der Waals surface area (Å²) >= 11 is 8.45. The number of rotatable bonds is 8. The molecule has 4 heterocycles. The van der Waals surface area contributed by atoms with E-state index in [1.54, 1.807) is 39.2 Å². The molecule has 0 amide bonds. The molecule has 3 aromatic rings. The fraction of sp³-hybridized carbons (Fsp3) is 0.393. The summed E-state index contributed by atoms with van der Waals surface area (Å²) in [4.78, 5) is 34.5. The van der Waals surface area contributed by atoms with Gasteiger partial charge in [0, 0.05) is 29.7 Å². The first-order chi connectivity index (χ1) is 19.8. The number of ether oxygens (including phenoxy) is 4. The van der Waals surface area contributed by atoms with Crippen molar-refractivity contribution < 1.29 is 28.2 Å². The van der Waals surface area contributed by atoms with Crippen LogP contribution in [0.5, 0.6) is 11.5 Å². The van der Waals surface area contributed by atoms with E-state index in [1.165, 1.54) is 15.9 Å². The number of halogens is 2. The second kappa shape index (κ2) is 12.6. The highest BCUT2D eigenvalue weighted by Crippen LogP contribution is 2.41. The number of carbonyl (C=O) groups excluding carboxylic acids is 1. The van der Waals surface area contributed by atoms with Crippen LogP contribution in [0.4, 0.5) is 5.88 Å². The van der Waals surface area contributed by atoms with Crippen molar-refractivity contribution in [3.8, 4) is 11.5 Å². The monoisotopic (exact) mass is 709 g/mol. The highest BCUT2D eigenvalue weighted by Gasteiger charge is 2.35. The quantitative estimate of drug-likeness (QED) is 0.321. The molecule has 2 aliphatic heterocycles. The Hall–Kier alpha value is -2.87. The van der Waals surface area contributed by atoms with E-state index in [9.17, 15) is 9.59 Å². The number of carbonyl (C=O) groups is 1. The topological polar surface area (TPSA) is 105 Å². The Kier molecular flexibility index (Phi) is 9.07. The minimum Gasteiger partial charge on any atom is -0.493 e. The summed E-state index contributed by atoms with van der Waals surface area (Å²) in [5.74, 6) is 1.68. The Morgan fingerprint density at radius 1 is 1.15 bits per heavy atom. The van der Waals surface area contributed by atoms with Crippen molar-refractivity contribution in [2.45, 2.75) is 26.8 Å². The third kappa shape index (κ3) is 5.77. The van der Waals surface area contributed by atoms with E-state index >= 15 is 0 Å². The van der Waals surface area contributed by atoms with Crippen LogP contribution >= 0.6 is 43.2 Å². The lowest BCUT2D eigenvalue weighted by Crippen LogP contribution is -2.40. The molecule has 0 unspecified atom stereocenters. The lowest BCUT2D eigenvalue weighted by Gasteiger charge is -2.26. The van der Waals surface area contributed by atoms with Crippen molar-refractivity contribution in [1.29, 1.82) is 0 Å². The molecule has 1 aromatic carbocycles. The van der Waals surface area contributed by atoms with E-state index in [4.69, 9.17) is 23.4 Å². The lowest BCUT2D eigenvalue weighted by molar-refractivity contribution is -0.139. The van der Waals surface area contributed by atoms with Gasteiger partial charge in [0.1, 0.15) is 5.76 Å². The van der Waals surface area contributed by atoms with E-state index in [1.807, 2.05) is 13.0 Å². The number of benzene rings is 1. The van der Waals surface area contributed by atoms with E-state index in [-0.39, 0.29) is 17.7 Å². The molecule has 10 nitrogen and oxygen atoms in total. The number of methoxy groups -OCH3 is 1. The predicted octanol–water partition coefficient (Wildman–Crippen LogP) is 4.16. The van der Waals surface area contributed by atoms with Crippen molar-refractivity contribution in [3.05, 3.63) is 69.4 Å². The summed E-state index contributed by atoms with van der Waals surface area (Å²) in [6.45, 7) is 8.65. The summed E-state index contributed by atoms with van der Waals surface area (Å²) in [7, 11) is 1.54. The maximum Gasteiger partial charge on any atom is 0.338 e. The van der Waals surface area contributed by atoms with Crippen molar-refractivity contribution in [2.24, 2.45) is 4.99 Å². The number of esters is 1. The molecule has 1 atom stereocenters. The van der Waals surface area contributed by atoms with Crippen molar-refractivity contribution >= 4 is 61.1 Å². The van der Waals surface area contributed by atoms with Gasteiger partial charge in [0.15, 0.2) is 16.3 Å². The number of anilines is 1. The molecule has 13 heteroatoms. The Bertz CT molecular complexity index is 1690. The van der Waals surface area contributed by atoms with Crippen LogP contribution in [0.3, 0.4) is 0 Å². The first-order valence-electron chi connectivity index (χ1n) is 13.1. The predicted molar refractivity (Wildman–Crippen MR) is 162 cm³/mol.